The second-order valence-electron chi connectivity index (χ2n) is 11.1. The smallest absolute Gasteiger partial charge is 0.257 e. The molecule has 0 radical (unpaired) electrons. The number of likely N-dealkylation sites (tertiary alicyclic amines) is 1. The van der Waals surface area contributed by atoms with Crippen molar-refractivity contribution in [3.8, 4) is 23.1 Å². The van der Waals surface area contributed by atoms with Crippen molar-refractivity contribution in [3.05, 3.63) is 83.4 Å². The molecule has 2 unspecified atom stereocenters. The van der Waals surface area contributed by atoms with E-state index >= 15 is 0 Å². The van der Waals surface area contributed by atoms with E-state index in [4.69, 9.17) is 10.5 Å². The fraction of sp³-hybridized carbons (Fsp3) is 0.345. The Morgan fingerprint density at radius 3 is 2.46 bits per heavy atom. The van der Waals surface area contributed by atoms with Crippen molar-refractivity contribution in [2.75, 3.05) is 13.1 Å². The molecule has 10 nitrogen and oxygen atoms in total. The van der Waals surface area contributed by atoms with Crippen molar-refractivity contribution in [2.24, 2.45) is 17.6 Å². The lowest BCUT2D eigenvalue weighted by atomic mass is 9.95. The SMILES string of the molecule is CC(O)c1nn(-c2ncccn2)cc1C(=O)N1C[C@@H]2C(Oc3cc(C(C)(C)N)cc(-c4ccc(F)c(F)c4)n3)[C@@H]2C1. The number of hydrogen-bond donors (Lipinski definition) is 2. The Kier molecular flexibility index (Phi) is 6.54. The molecule has 0 bridgehead atoms. The minimum absolute atomic E-state index is 0.101. The van der Waals surface area contributed by atoms with Crippen LogP contribution in [0.4, 0.5) is 8.78 Å². The normalized spacial score (nSPS) is 20.6. The number of benzene rings is 1. The molecule has 1 saturated heterocycles. The van der Waals surface area contributed by atoms with Crippen LogP contribution in [0.25, 0.3) is 17.2 Å². The molecule has 41 heavy (non-hydrogen) atoms. The van der Waals surface area contributed by atoms with Gasteiger partial charge in [-0.15, -0.1) is 0 Å². The van der Waals surface area contributed by atoms with Gasteiger partial charge in [-0.3, -0.25) is 4.79 Å². The standard InChI is InChI=1S/C29H29F2N7O3/c1-15(39)25-20(14-38(36-25)28-33-7-4-8-34-28)27(40)37-12-18-19(13-37)26(18)41-24-11-17(29(2,3)32)10-23(35-24)16-5-6-21(30)22(31)9-16/h4-11,14-15,18-19,26,39H,12-13,32H2,1-3H3/t15?,18-,19+,26?. The maximum Gasteiger partial charge on any atom is 0.257 e. The summed E-state index contributed by atoms with van der Waals surface area (Å²) in [6.45, 7) is 6.17. The molecule has 212 valence electrons. The van der Waals surface area contributed by atoms with Crippen LogP contribution < -0.4 is 10.5 Å². The molecule has 2 fully saturated rings. The number of nitrogens with two attached hydrogens (primary N) is 1. The van der Waals surface area contributed by atoms with Gasteiger partial charge in [0.1, 0.15) is 11.8 Å². The topological polar surface area (TPSA) is 132 Å². The van der Waals surface area contributed by atoms with E-state index in [0.29, 0.717) is 41.7 Å². The van der Waals surface area contributed by atoms with Gasteiger partial charge < -0.3 is 20.5 Å². The van der Waals surface area contributed by atoms with Gasteiger partial charge in [-0.2, -0.15) is 5.10 Å². The van der Waals surface area contributed by atoms with E-state index in [2.05, 4.69) is 20.1 Å². The van der Waals surface area contributed by atoms with Gasteiger partial charge in [0.15, 0.2) is 11.6 Å². The first-order valence-electron chi connectivity index (χ1n) is 13.3. The van der Waals surface area contributed by atoms with Gasteiger partial charge in [0.2, 0.25) is 11.8 Å². The van der Waals surface area contributed by atoms with Crippen LogP contribution in [0.3, 0.4) is 0 Å². The maximum atomic E-state index is 13.9. The van der Waals surface area contributed by atoms with E-state index in [1.807, 2.05) is 13.8 Å². The van der Waals surface area contributed by atoms with Crippen LogP contribution in [0.1, 0.15) is 48.5 Å². The lowest BCUT2D eigenvalue weighted by Crippen LogP contribution is -2.34. The molecule has 4 aromatic rings. The van der Waals surface area contributed by atoms with Gasteiger partial charge in [0.25, 0.3) is 5.91 Å². The first-order valence-corrected chi connectivity index (χ1v) is 13.3. The zero-order valence-corrected chi connectivity index (χ0v) is 22.7. The third kappa shape index (κ3) is 5.16. The average Bonchev–Trinajstić information content (AvgIpc) is 3.29. The van der Waals surface area contributed by atoms with Crippen LogP contribution in [-0.4, -0.2) is 59.8 Å². The van der Waals surface area contributed by atoms with Gasteiger partial charge in [-0.05, 0) is 56.7 Å². The molecule has 2 aliphatic rings. The highest BCUT2D eigenvalue weighted by Crippen LogP contribution is 2.48. The van der Waals surface area contributed by atoms with Crippen LogP contribution in [0, 0.1) is 23.5 Å². The van der Waals surface area contributed by atoms with Gasteiger partial charge >= 0.3 is 0 Å². The molecule has 1 aliphatic heterocycles. The number of fused-ring (bicyclic) bond motifs is 1. The summed E-state index contributed by atoms with van der Waals surface area (Å²) in [5, 5.41) is 14.6. The molecule has 6 rings (SSSR count). The third-order valence-electron chi connectivity index (χ3n) is 7.55. The molecule has 1 saturated carbocycles. The minimum Gasteiger partial charge on any atom is -0.474 e. The van der Waals surface area contributed by atoms with Crippen LogP contribution in [-0.2, 0) is 5.54 Å². The minimum atomic E-state index is -0.966. The summed E-state index contributed by atoms with van der Waals surface area (Å²) in [6, 6.07) is 8.79. The van der Waals surface area contributed by atoms with Gasteiger partial charge in [-0.1, -0.05) is 0 Å². The van der Waals surface area contributed by atoms with Crippen LogP contribution in [0.15, 0.2) is 55.0 Å². The average molecular weight is 562 g/mol. The lowest BCUT2D eigenvalue weighted by molar-refractivity contribution is 0.0745. The molecular weight excluding hydrogens is 532 g/mol. The van der Waals surface area contributed by atoms with Crippen molar-refractivity contribution in [1.29, 1.82) is 0 Å². The van der Waals surface area contributed by atoms with Crippen molar-refractivity contribution in [1.82, 2.24) is 29.6 Å². The summed E-state index contributed by atoms with van der Waals surface area (Å²) in [6.07, 6.45) is 3.57. The van der Waals surface area contributed by atoms with E-state index in [1.54, 1.807) is 48.6 Å². The fourth-order valence-corrected chi connectivity index (χ4v) is 5.24. The number of hydrogen-bond acceptors (Lipinski definition) is 8. The van der Waals surface area contributed by atoms with Gasteiger partial charge in [-0.25, -0.2) is 28.4 Å². The quantitative estimate of drug-likeness (QED) is 0.351. The molecule has 12 heteroatoms. The maximum absolute atomic E-state index is 13.9. The number of ether oxygens (including phenoxy) is 1. The van der Waals surface area contributed by atoms with E-state index in [0.717, 1.165) is 17.7 Å². The van der Waals surface area contributed by atoms with E-state index in [9.17, 15) is 18.7 Å². The molecule has 0 spiro atoms. The Balaban J connectivity index is 1.18. The zero-order valence-electron chi connectivity index (χ0n) is 22.7. The predicted molar refractivity (Wildman–Crippen MR) is 144 cm³/mol. The second kappa shape index (κ2) is 9.96. The number of carbonyl (C=O) groups is 1. The molecule has 1 aliphatic carbocycles. The van der Waals surface area contributed by atoms with Gasteiger partial charge in [0, 0.05) is 60.7 Å². The van der Waals surface area contributed by atoms with Crippen LogP contribution in [0.2, 0.25) is 0 Å². The molecular formula is C29H29F2N7O3. The monoisotopic (exact) mass is 561 g/mol. The largest absolute Gasteiger partial charge is 0.474 e. The number of carbonyl (C=O) groups excluding carboxylic acids is 1. The van der Waals surface area contributed by atoms with E-state index in [-0.39, 0.29) is 29.5 Å². The van der Waals surface area contributed by atoms with E-state index < -0.39 is 23.3 Å². The number of pyridine rings is 1. The first-order chi connectivity index (χ1) is 19.5. The fourth-order valence-electron chi connectivity index (χ4n) is 5.24. The Labute approximate surface area is 234 Å². The third-order valence-corrected chi connectivity index (χ3v) is 7.55. The summed E-state index contributed by atoms with van der Waals surface area (Å²) in [5.74, 6) is -1.31. The summed E-state index contributed by atoms with van der Waals surface area (Å²) >= 11 is 0. The number of piperidine rings is 1. The highest BCUT2D eigenvalue weighted by molar-refractivity contribution is 5.95. The number of amides is 1. The summed E-state index contributed by atoms with van der Waals surface area (Å²) in [7, 11) is 0. The Morgan fingerprint density at radius 2 is 1.83 bits per heavy atom. The highest BCUT2D eigenvalue weighted by Gasteiger charge is 2.59. The Hall–Kier alpha value is -4.29. The number of aliphatic hydroxyl groups excluding tert-OH is 1. The second-order valence-corrected chi connectivity index (χ2v) is 11.1. The molecule has 1 aromatic carbocycles. The molecule has 3 N–H and O–H groups in total. The number of halogens is 2. The lowest BCUT2D eigenvalue weighted by Gasteiger charge is -2.22. The van der Waals surface area contributed by atoms with E-state index in [1.165, 1.54) is 10.7 Å². The predicted octanol–water partition coefficient (Wildman–Crippen LogP) is 3.40. The Bertz CT molecular complexity index is 1610. The molecule has 4 heterocycles. The molecule has 3 aromatic heterocycles. The van der Waals surface area contributed by atoms with Crippen molar-refractivity contribution in [3.63, 3.8) is 0 Å². The summed E-state index contributed by atoms with van der Waals surface area (Å²) in [4.78, 5) is 28.1. The number of rotatable bonds is 7. The van der Waals surface area contributed by atoms with Crippen molar-refractivity contribution < 1.29 is 23.4 Å². The van der Waals surface area contributed by atoms with Crippen molar-refractivity contribution in [2.45, 2.75) is 38.5 Å². The highest BCUT2D eigenvalue weighted by atomic mass is 19.2. The number of nitrogens with zero attached hydrogens (tertiary/aromatic N) is 6. The van der Waals surface area contributed by atoms with Gasteiger partial charge in [0.05, 0.1) is 17.4 Å². The number of aliphatic hydroxyl groups is 1. The molecule has 1 amide bonds. The Morgan fingerprint density at radius 1 is 1.12 bits per heavy atom. The summed E-state index contributed by atoms with van der Waals surface area (Å²) < 4.78 is 35.1. The van der Waals surface area contributed by atoms with Crippen molar-refractivity contribution >= 4 is 5.91 Å². The first kappa shape index (κ1) is 26.9. The number of aromatic nitrogens is 5. The summed E-state index contributed by atoms with van der Waals surface area (Å²) in [5.41, 5.74) is 7.73. The van der Waals surface area contributed by atoms with Crippen LogP contribution in [0.5, 0.6) is 5.88 Å². The molecule has 4 atom stereocenters. The zero-order chi connectivity index (χ0) is 29.1. The van der Waals surface area contributed by atoms with Crippen LogP contribution >= 0.6 is 0 Å².